The topological polar surface area (TPSA) is 80.5 Å². The molecule has 0 saturated carbocycles. The van der Waals surface area contributed by atoms with Gasteiger partial charge in [-0.2, -0.15) is 4.98 Å². The molecule has 1 N–H and O–H groups in total. The zero-order valence-corrected chi connectivity index (χ0v) is 20.0. The van der Waals surface area contributed by atoms with E-state index in [0.717, 1.165) is 16.9 Å². The quantitative estimate of drug-likeness (QED) is 0.337. The molecule has 1 unspecified atom stereocenters. The van der Waals surface area contributed by atoms with Crippen LogP contribution in [0, 0.1) is 0 Å². The summed E-state index contributed by atoms with van der Waals surface area (Å²) in [6.45, 7) is 4.38. The van der Waals surface area contributed by atoms with Crippen LogP contribution >= 0.6 is 11.6 Å². The van der Waals surface area contributed by atoms with Crippen molar-refractivity contribution in [3.05, 3.63) is 101 Å². The zero-order valence-electron chi connectivity index (χ0n) is 19.2. The number of ether oxygens (including phenoxy) is 1. The van der Waals surface area contributed by atoms with Crippen molar-refractivity contribution in [2.24, 2.45) is 0 Å². The number of nitrogens with zero attached hydrogens (tertiary/aromatic N) is 3. The molecule has 0 bridgehead atoms. The van der Waals surface area contributed by atoms with Crippen LogP contribution in [0.5, 0.6) is 5.75 Å². The Morgan fingerprint density at radius 1 is 1.03 bits per heavy atom. The monoisotopic (exact) mass is 486 g/mol. The van der Waals surface area contributed by atoms with Gasteiger partial charge in [0.05, 0.1) is 23.9 Å². The van der Waals surface area contributed by atoms with Crippen molar-refractivity contribution in [3.63, 3.8) is 0 Å². The molecule has 0 aliphatic carbocycles. The van der Waals surface area contributed by atoms with E-state index < -0.39 is 6.04 Å². The summed E-state index contributed by atoms with van der Waals surface area (Å²) in [7, 11) is 0. The van der Waals surface area contributed by atoms with Gasteiger partial charge in [-0.05, 0) is 55.8 Å². The highest BCUT2D eigenvalue weighted by molar-refractivity contribution is 6.30. The third kappa shape index (κ3) is 4.50. The average molecular weight is 487 g/mol. The number of urea groups is 1. The number of amides is 2. The van der Waals surface area contributed by atoms with Crippen molar-refractivity contribution in [1.82, 2.24) is 15.5 Å². The largest absolute Gasteiger partial charge is 0.494 e. The van der Waals surface area contributed by atoms with E-state index in [0.29, 0.717) is 40.3 Å². The van der Waals surface area contributed by atoms with Crippen LogP contribution in [0.3, 0.4) is 0 Å². The molecule has 0 spiro atoms. The molecule has 1 aliphatic rings. The number of allylic oxidation sites excluding steroid dienone is 1. The molecule has 0 radical (unpaired) electrons. The molecule has 0 fully saturated rings. The number of carbonyl (C=O) groups excluding carboxylic acids is 1. The van der Waals surface area contributed by atoms with Gasteiger partial charge >= 0.3 is 6.03 Å². The molecule has 5 rings (SSSR count). The van der Waals surface area contributed by atoms with Crippen LogP contribution in [0.4, 0.5) is 10.5 Å². The van der Waals surface area contributed by atoms with Gasteiger partial charge in [0.25, 0.3) is 5.89 Å². The molecule has 35 heavy (non-hydrogen) atoms. The Morgan fingerprint density at radius 2 is 1.74 bits per heavy atom. The molecule has 1 atom stereocenters. The average Bonchev–Trinajstić information content (AvgIpc) is 3.36. The minimum Gasteiger partial charge on any atom is -0.494 e. The van der Waals surface area contributed by atoms with Crippen LogP contribution in [0.2, 0.25) is 5.02 Å². The summed E-state index contributed by atoms with van der Waals surface area (Å²) in [5.41, 5.74) is 3.77. The third-order valence-electron chi connectivity index (χ3n) is 5.78. The number of nitrogens with one attached hydrogen (secondary N) is 1. The molecule has 2 heterocycles. The lowest BCUT2D eigenvalue weighted by Crippen LogP contribution is -2.46. The third-order valence-corrected chi connectivity index (χ3v) is 6.03. The number of carbonyl (C=O) groups is 1. The summed E-state index contributed by atoms with van der Waals surface area (Å²) in [6, 6.07) is 23.5. The minimum absolute atomic E-state index is 0.268. The van der Waals surface area contributed by atoms with Crippen molar-refractivity contribution < 1.29 is 14.1 Å². The van der Waals surface area contributed by atoms with E-state index in [1.54, 1.807) is 29.2 Å². The van der Waals surface area contributed by atoms with Crippen molar-refractivity contribution in [1.29, 1.82) is 0 Å². The molecular weight excluding hydrogens is 464 g/mol. The highest BCUT2D eigenvalue weighted by Gasteiger charge is 2.36. The highest BCUT2D eigenvalue weighted by Crippen LogP contribution is 2.39. The van der Waals surface area contributed by atoms with Crippen molar-refractivity contribution >= 4 is 28.9 Å². The summed E-state index contributed by atoms with van der Waals surface area (Å²) in [4.78, 5) is 19.6. The SMILES string of the molecule is CCOc1ccc(C2NC(=O)N(c3ccc(Cl)cc3)C(C)=C2c2nc(-c3ccccc3)no2)cc1. The van der Waals surface area contributed by atoms with Crippen LogP contribution in [0.1, 0.15) is 31.3 Å². The second kappa shape index (κ2) is 9.64. The Bertz CT molecular complexity index is 1370. The molecule has 7 nitrogen and oxygen atoms in total. The lowest BCUT2D eigenvalue weighted by molar-refractivity contribution is 0.244. The van der Waals surface area contributed by atoms with Crippen LogP contribution in [-0.4, -0.2) is 22.8 Å². The number of rotatable bonds is 6. The fraction of sp³-hybridized carbons (Fsp3) is 0.148. The van der Waals surface area contributed by atoms with Gasteiger partial charge in [0, 0.05) is 16.3 Å². The van der Waals surface area contributed by atoms with E-state index in [2.05, 4.69) is 15.5 Å². The first-order valence-corrected chi connectivity index (χ1v) is 11.6. The fourth-order valence-electron chi connectivity index (χ4n) is 4.13. The Kier molecular flexibility index (Phi) is 6.25. The van der Waals surface area contributed by atoms with Crippen molar-refractivity contribution in [2.45, 2.75) is 19.9 Å². The number of hydrogen-bond donors (Lipinski definition) is 1. The zero-order chi connectivity index (χ0) is 24.4. The molecule has 4 aromatic rings. The predicted octanol–water partition coefficient (Wildman–Crippen LogP) is 6.49. The number of aromatic nitrogens is 2. The Labute approximate surface area is 208 Å². The van der Waals surface area contributed by atoms with E-state index >= 15 is 0 Å². The summed E-state index contributed by atoms with van der Waals surface area (Å²) >= 11 is 6.07. The summed E-state index contributed by atoms with van der Waals surface area (Å²) in [6.07, 6.45) is 0. The Balaban J connectivity index is 1.62. The normalized spacial score (nSPS) is 15.8. The molecule has 0 saturated heterocycles. The van der Waals surface area contributed by atoms with E-state index in [9.17, 15) is 4.79 Å². The van der Waals surface area contributed by atoms with Crippen LogP contribution in [-0.2, 0) is 0 Å². The van der Waals surface area contributed by atoms with E-state index in [1.165, 1.54) is 0 Å². The van der Waals surface area contributed by atoms with Gasteiger partial charge in [0.15, 0.2) is 0 Å². The first-order valence-electron chi connectivity index (χ1n) is 11.2. The lowest BCUT2D eigenvalue weighted by atomic mass is 9.94. The van der Waals surface area contributed by atoms with E-state index in [4.69, 9.17) is 20.9 Å². The standard InChI is InChI=1S/C27H23ClN4O3/c1-3-34-22-15-9-18(10-16-22)24-23(26-30-25(31-35-26)19-7-5-4-6-8-19)17(2)32(27(33)29-24)21-13-11-20(28)12-14-21/h4-16,24H,3H2,1-2H3,(H,29,33). The molecular formula is C27H23ClN4O3. The number of hydrogen-bond acceptors (Lipinski definition) is 5. The maximum Gasteiger partial charge on any atom is 0.326 e. The fourth-order valence-corrected chi connectivity index (χ4v) is 4.26. The van der Waals surface area contributed by atoms with Crippen molar-refractivity contribution in [2.75, 3.05) is 11.5 Å². The smallest absolute Gasteiger partial charge is 0.326 e. The van der Waals surface area contributed by atoms with Gasteiger partial charge in [0.1, 0.15) is 5.75 Å². The summed E-state index contributed by atoms with van der Waals surface area (Å²) in [5, 5.41) is 7.89. The van der Waals surface area contributed by atoms with Crippen molar-refractivity contribution in [3.8, 4) is 17.1 Å². The first-order chi connectivity index (χ1) is 17.0. The van der Waals surface area contributed by atoms with Gasteiger partial charge in [-0.25, -0.2) is 4.79 Å². The van der Waals surface area contributed by atoms with E-state index in [-0.39, 0.29) is 6.03 Å². The molecule has 8 heteroatoms. The van der Waals surface area contributed by atoms with Gasteiger partial charge in [-0.3, -0.25) is 4.90 Å². The van der Waals surface area contributed by atoms with Gasteiger partial charge in [-0.15, -0.1) is 0 Å². The lowest BCUT2D eigenvalue weighted by Gasteiger charge is -2.35. The second-order valence-electron chi connectivity index (χ2n) is 7.98. The number of halogens is 1. The predicted molar refractivity (Wildman–Crippen MR) is 135 cm³/mol. The summed E-state index contributed by atoms with van der Waals surface area (Å²) in [5.74, 6) is 1.56. The summed E-state index contributed by atoms with van der Waals surface area (Å²) < 4.78 is 11.3. The van der Waals surface area contributed by atoms with Crippen LogP contribution < -0.4 is 15.0 Å². The first kappa shape index (κ1) is 22.7. The highest BCUT2D eigenvalue weighted by atomic mass is 35.5. The molecule has 2 amide bonds. The van der Waals surface area contributed by atoms with Gasteiger partial charge < -0.3 is 14.6 Å². The van der Waals surface area contributed by atoms with Crippen LogP contribution in [0.25, 0.3) is 17.0 Å². The maximum atomic E-state index is 13.3. The second-order valence-corrected chi connectivity index (χ2v) is 8.42. The van der Waals surface area contributed by atoms with E-state index in [1.807, 2.05) is 68.4 Å². The maximum absolute atomic E-state index is 13.3. The molecule has 1 aliphatic heterocycles. The number of anilines is 1. The number of benzene rings is 3. The Morgan fingerprint density at radius 3 is 2.43 bits per heavy atom. The van der Waals surface area contributed by atoms with Gasteiger partial charge in [0.2, 0.25) is 5.82 Å². The molecule has 3 aromatic carbocycles. The van der Waals surface area contributed by atoms with Crippen LogP contribution in [0.15, 0.2) is 89.1 Å². The molecule has 176 valence electrons. The Hall–Kier alpha value is -4.10. The van der Waals surface area contributed by atoms with Gasteiger partial charge in [-0.1, -0.05) is 59.2 Å². The minimum atomic E-state index is -0.495. The molecule has 1 aromatic heterocycles.